The number of hydrogen-bond acceptors (Lipinski definition) is 6. The summed E-state index contributed by atoms with van der Waals surface area (Å²) in [7, 11) is -3.61. The molecule has 0 saturated heterocycles. The zero-order valence-electron chi connectivity index (χ0n) is 11.8. The molecule has 3 rings (SSSR count). The highest BCUT2D eigenvalue weighted by Crippen LogP contribution is 2.09. The van der Waals surface area contributed by atoms with Crippen molar-refractivity contribution in [2.24, 2.45) is 4.99 Å². The van der Waals surface area contributed by atoms with Crippen LogP contribution in [0.4, 0.5) is 0 Å². The van der Waals surface area contributed by atoms with Gasteiger partial charge in [0.15, 0.2) is 0 Å². The molecule has 0 radical (unpaired) electrons. The Morgan fingerprint density at radius 2 is 2.05 bits per heavy atom. The summed E-state index contributed by atoms with van der Waals surface area (Å²) in [5.74, 6) is 1.09. The molecule has 0 saturated carbocycles. The zero-order valence-corrected chi connectivity index (χ0v) is 12.6. The fourth-order valence-corrected chi connectivity index (χ4v) is 3.07. The van der Waals surface area contributed by atoms with Crippen LogP contribution in [-0.4, -0.2) is 32.6 Å². The molecule has 8 heteroatoms. The van der Waals surface area contributed by atoms with Crippen molar-refractivity contribution in [1.29, 1.82) is 0 Å². The molecule has 0 unspecified atom stereocenters. The van der Waals surface area contributed by atoms with Gasteiger partial charge in [-0.25, -0.2) is 18.1 Å². The van der Waals surface area contributed by atoms with Crippen LogP contribution in [0.3, 0.4) is 0 Å². The van der Waals surface area contributed by atoms with Gasteiger partial charge in [0.2, 0.25) is 5.96 Å². The Hall–Kier alpha value is -2.32. The van der Waals surface area contributed by atoms with Gasteiger partial charge in [-0.15, -0.1) is 0 Å². The van der Waals surface area contributed by atoms with Crippen molar-refractivity contribution < 1.29 is 12.8 Å². The predicted octanol–water partition coefficient (Wildman–Crippen LogP) is 0.934. The molecule has 0 spiro atoms. The van der Waals surface area contributed by atoms with Crippen LogP contribution in [0.25, 0.3) is 0 Å². The van der Waals surface area contributed by atoms with Crippen molar-refractivity contribution in [2.45, 2.75) is 11.4 Å². The van der Waals surface area contributed by atoms with Gasteiger partial charge in [-0.1, -0.05) is 18.2 Å². The summed E-state index contributed by atoms with van der Waals surface area (Å²) in [5, 5.41) is 2.95. The molecule has 0 atom stereocenters. The highest BCUT2D eigenvalue weighted by molar-refractivity contribution is 7.90. The Labute approximate surface area is 128 Å². The molecule has 2 heterocycles. The molecule has 1 aromatic carbocycles. The van der Waals surface area contributed by atoms with E-state index >= 15 is 0 Å². The fourth-order valence-electron chi connectivity index (χ4n) is 2.05. The molecule has 2 N–H and O–H groups in total. The lowest BCUT2D eigenvalue weighted by Gasteiger charge is -2.26. The maximum Gasteiger partial charge on any atom is 0.264 e. The third-order valence-corrected chi connectivity index (χ3v) is 4.50. The molecule has 0 bridgehead atoms. The quantitative estimate of drug-likeness (QED) is 0.875. The predicted molar refractivity (Wildman–Crippen MR) is 81.3 cm³/mol. The van der Waals surface area contributed by atoms with Crippen LogP contribution in [0, 0.1) is 0 Å². The van der Waals surface area contributed by atoms with Crippen LogP contribution < -0.4 is 10.0 Å². The summed E-state index contributed by atoms with van der Waals surface area (Å²) >= 11 is 0. The van der Waals surface area contributed by atoms with E-state index in [0.717, 1.165) is 5.76 Å². The zero-order chi connectivity index (χ0) is 15.4. The number of nitrogens with zero attached hydrogens (tertiary/aromatic N) is 2. The molecule has 1 aliphatic rings. The first kappa shape index (κ1) is 14.6. The van der Waals surface area contributed by atoms with E-state index in [2.05, 4.69) is 15.0 Å². The molecule has 2 aromatic rings. The van der Waals surface area contributed by atoms with Crippen LogP contribution in [0.2, 0.25) is 0 Å². The molecule has 22 heavy (non-hydrogen) atoms. The number of benzene rings is 1. The van der Waals surface area contributed by atoms with Gasteiger partial charge in [-0.05, 0) is 24.3 Å². The van der Waals surface area contributed by atoms with Gasteiger partial charge < -0.3 is 9.73 Å². The molecule has 0 aliphatic carbocycles. The van der Waals surface area contributed by atoms with Crippen molar-refractivity contribution in [1.82, 2.24) is 14.9 Å². The monoisotopic (exact) mass is 320 g/mol. The van der Waals surface area contributed by atoms with Gasteiger partial charge >= 0.3 is 0 Å². The average Bonchev–Trinajstić information content (AvgIpc) is 3.03. The van der Waals surface area contributed by atoms with E-state index in [-0.39, 0.29) is 10.9 Å². The molecular formula is C14H16N4O3S. The highest BCUT2D eigenvalue weighted by Gasteiger charge is 2.19. The Bertz CT molecular complexity index is 742. The normalized spacial score (nSPS) is 15.9. The Morgan fingerprint density at radius 1 is 1.23 bits per heavy atom. The van der Waals surface area contributed by atoms with E-state index < -0.39 is 10.0 Å². The summed E-state index contributed by atoms with van der Waals surface area (Å²) < 4.78 is 32.1. The van der Waals surface area contributed by atoms with E-state index in [1.807, 2.05) is 17.0 Å². The lowest BCUT2D eigenvalue weighted by Crippen LogP contribution is -2.49. The van der Waals surface area contributed by atoms with Crippen LogP contribution in [0.5, 0.6) is 0 Å². The van der Waals surface area contributed by atoms with Crippen LogP contribution in [0.1, 0.15) is 5.76 Å². The molecule has 1 aromatic heterocycles. The molecular weight excluding hydrogens is 304 g/mol. The minimum absolute atomic E-state index is 0.206. The van der Waals surface area contributed by atoms with Crippen LogP contribution in [0.15, 0.2) is 63.0 Å². The van der Waals surface area contributed by atoms with Gasteiger partial charge in [0.25, 0.3) is 10.0 Å². The Kier molecular flexibility index (Phi) is 4.12. The minimum atomic E-state index is -3.61. The average molecular weight is 320 g/mol. The Balaban J connectivity index is 1.62. The third kappa shape index (κ3) is 3.46. The van der Waals surface area contributed by atoms with Crippen molar-refractivity contribution in [3.63, 3.8) is 0 Å². The van der Waals surface area contributed by atoms with E-state index in [9.17, 15) is 8.42 Å². The van der Waals surface area contributed by atoms with Crippen molar-refractivity contribution in [3.05, 3.63) is 54.5 Å². The standard InChI is InChI=1S/C14H16N4O3S/c19-22(20,13-6-2-1-3-7-13)17-14-15-10-18(11-16-14)9-12-5-4-8-21-12/h1-8H,9-11H2,(H2,15,16,17). The lowest BCUT2D eigenvalue weighted by atomic mass is 10.4. The number of hydrogen-bond donors (Lipinski definition) is 2. The second-order valence-corrected chi connectivity index (χ2v) is 6.49. The Morgan fingerprint density at radius 3 is 2.68 bits per heavy atom. The summed E-state index contributed by atoms with van der Waals surface area (Å²) in [5.41, 5.74) is 0. The first-order chi connectivity index (χ1) is 10.6. The van der Waals surface area contributed by atoms with Gasteiger partial charge in [-0.3, -0.25) is 4.90 Å². The highest BCUT2D eigenvalue weighted by atomic mass is 32.2. The minimum Gasteiger partial charge on any atom is -0.468 e. The first-order valence-electron chi connectivity index (χ1n) is 6.74. The summed E-state index contributed by atoms with van der Waals surface area (Å²) in [6.07, 6.45) is 1.62. The summed E-state index contributed by atoms with van der Waals surface area (Å²) in [6, 6.07) is 11.9. The smallest absolute Gasteiger partial charge is 0.264 e. The van der Waals surface area contributed by atoms with E-state index in [1.54, 1.807) is 24.5 Å². The number of furan rings is 1. The molecule has 0 amide bonds. The summed E-state index contributed by atoms with van der Waals surface area (Å²) in [4.78, 5) is 6.39. The van der Waals surface area contributed by atoms with E-state index in [1.165, 1.54) is 12.1 Å². The van der Waals surface area contributed by atoms with Gasteiger partial charge in [0, 0.05) is 0 Å². The fraction of sp³-hybridized carbons (Fsp3) is 0.214. The maximum atomic E-state index is 12.2. The van der Waals surface area contributed by atoms with E-state index in [4.69, 9.17) is 4.42 Å². The molecule has 7 nitrogen and oxygen atoms in total. The van der Waals surface area contributed by atoms with E-state index in [0.29, 0.717) is 19.9 Å². The second-order valence-electron chi connectivity index (χ2n) is 4.81. The SMILES string of the molecule is O=S(=O)(NC1=NCN(Cc2ccco2)CN1)c1ccccc1. The number of nitrogens with one attached hydrogen (secondary N) is 2. The first-order valence-corrected chi connectivity index (χ1v) is 8.23. The third-order valence-electron chi connectivity index (χ3n) is 3.14. The van der Waals surface area contributed by atoms with Gasteiger partial charge in [0.1, 0.15) is 5.76 Å². The summed E-state index contributed by atoms with van der Waals surface area (Å²) in [6.45, 7) is 1.49. The number of rotatable bonds is 4. The molecule has 0 fully saturated rings. The molecule has 1 aliphatic heterocycles. The van der Waals surface area contributed by atoms with Crippen molar-refractivity contribution in [2.75, 3.05) is 13.3 Å². The van der Waals surface area contributed by atoms with Gasteiger partial charge in [-0.2, -0.15) is 0 Å². The lowest BCUT2D eigenvalue weighted by molar-refractivity contribution is 0.235. The van der Waals surface area contributed by atoms with Crippen LogP contribution >= 0.6 is 0 Å². The largest absolute Gasteiger partial charge is 0.468 e. The number of sulfonamides is 1. The maximum absolute atomic E-state index is 12.2. The topological polar surface area (TPSA) is 86.9 Å². The number of aliphatic imine (C=N–C) groups is 1. The second kappa shape index (κ2) is 6.20. The van der Waals surface area contributed by atoms with Gasteiger partial charge in [0.05, 0.1) is 31.0 Å². The molecule has 116 valence electrons. The number of guanidine groups is 1. The van der Waals surface area contributed by atoms with Crippen LogP contribution in [-0.2, 0) is 16.6 Å². The van der Waals surface area contributed by atoms with Crippen molar-refractivity contribution in [3.8, 4) is 0 Å². The van der Waals surface area contributed by atoms with Crippen molar-refractivity contribution >= 4 is 16.0 Å².